The van der Waals surface area contributed by atoms with Crippen LogP contribution in [0.3, 0.4) is 0 Å². The number of hydrogen-bond donors (Lipinski definition) is 1. The Balaban J connectivity index is 2.44. The second-order valence-corrected chi connectivity index (χ2v) is 4.58. The molecule has 0 amide bonds. The Kier molecular flexibility index (Phi) is 3.79. The second kappa shape index (κ2) is 5.31. The van der Waals surface area contributed by atoms with Gasteiger partial charge >= 0.3 is 0 Å². The van der Waals surface area contributed by atoms with Crippen LogP contribution in [0.4, 0.5) is 0 Å². The van der Waals surface area contributed by atoms with E-state index in [2.05, 4.69) is 43.5 Å². The molecule has 2 aliphatic rings. The molecular weight excluding hydrogens is 194 g/mol. The van der Waals surface area contributed by atoms with E-state index in [1.807, 2.05) is 0 Å². The lowest BCUT2D eigenvalue weighted by Crippen LogP contribution is -2.16. The number of hydrogen-bond acceptors (Lipinski definition) is 1. The van der Waals surface area contributed by atoms with Crippen molar-refractivity contribution < 1.29 is 0 Å². The summed E-state index contributed by atoms with van der Waals surface area (Å²) in [6.45, 7) is 6.60. The fourth-order valence-electron chi connectivity index (χ4n) is 2.43. The summed E-state index contributed by atoms with van der Waals surface area (Å²) in [5, 5.41) is 3.52. The van der Waals surface area contributed by atoms with Crippen LogP contribution in [0.2, 0.25) is 0 Å². The zero-order chi connectivity index (χ0) is 11.4. The lowest BCUT2D eigenvalue weighted by molar-refractivity contribution is 0.721. The van der Waals surface area contributed by atoms with Gasteiger partial charge in [0.1, 0.15) is 0 Å². The third-order valence-corrected chi connectivity index (χ3v) is 3.32. The van der Waals surface area contributed by atoms with Gasteiger partial charge in [-0.3, -0.25) is 0 Å². The molecule has 1 saturated heterocycles. The molecule has 1 fully saturated rings. The molecule has 0 unspecified atom stereocenters. The average molecular weight is 215 g/mol. The molecule has 1 heterocycles. The van der Waals surface area contributed by atoms with Crippen LogP contribution in [-0.4, -0.2) is 13.1 Å². The monoisotopic (exact) mass is 215 g/mol. The summed E-state index contributed by atoms with van der Waals surface area (Å²) in [6.07, 6.45) is 12.6. The zero-order valence-corrected chi connectivity index (χ0v) is 10.3. The summed E-state index contributed by atoms with van der Waals surface area (Å²) in [4.78, 5) is 0. The topological polar surface area (TPSA) is 12.0 Å². The first-order valence-electron chi connectivity index (χ1n) is 6.30. The molecule has 0 aromatic heterocycles. The van der Waals surface area contributed by atoms with E-state index < -0.39 is 0 Å². The molecule has 1 nitrogen and oxygen atoms in total. The van der Waals surface area contributed by atoms with Crippen molar-refractivity contribution >= 4 is 0 Å². The van der Waals surface area contributed by atoms with Crippen molar-refractivity contribution in [1.29, 1.82) is 0 Å². The molecule has 16 heavy (non-hydrogen) atoms. The van der Waals surface area contributed by atoms with Gasteiger partial charge in [0, 0.05) is 6.54 Å². The Hall–Kier alpha value is -1.08. The molecule has 1 N–H and O–H groups in total. The maximum absolute atomic E-state index is 3.52. The molecule has 0 bridgehead atoms. The predicted molar refractivity (Wildman–Crippen MR) is 70.4 cm³/mol. The van der Waals surface area contributed by atoms with Gasteiger partial charge in [-0.15, -0.1) is 0 Å². The molecule has 1 aliphatic heterocycles. The molecule has 0 atom stereocenters. The molecule has 0 aromatic carbocycles. The normalized spacial score (nSPS) is 26.9. The van der Waals surface area contributed by atoms with Gasteiger partial charge in [-0.1, -0.05) is 36.8 Å². The maximum Gasteiger partial charge on any atom is 0.0210 e. The smallest absolute Gasteiger partial charge is 0.0210 e. The predicted octanol–water partition coefficient (Wildman–Crippen LogP) is 3.52. The van der Waals surface area contributed by atoms with Gasteiger partial charge in [0.2, 0.25) is 0 Å². The fourth-order valence-corrected chi connectivity index (χ4v) is 2.43. The third kappa shape index (κ3) is 2.53. The van der Waals surface area contributed by atoms with Gasteiger partial charge in [-0.2, -0.15) is 0 Å². The van der Waals surface area contributed by atoms with Gasteiger partial charge in [-0.25, -0.2) is 0 Å². The first-order valence-corrected chi connectivity index (χ1v) is 6.30. The van der Waals surface area contributed by atoms with E-state index in [9.17, 15) is 0 Å². The molecule has 0 aromatic rings. The van der Waals surface area contributed by atoms with Crippen LogP contribution >= 0.6 is 0 Å². The largest absolute Gasteiger partial charge is 0.313 e. The van der Waals surface area contributed by atoms with E-state index in [4.69, 9.17) is 0 Å². The molecule has 0 saturated carbocycles. The van der Waals surface area contributed by atoms with Crippen LogP contribution in [0.25, 0.3) is 0 Å². The van der Waals surface area contributed by atoms with E-state index in [-0.39, 0.29) is 0 Å². The number of nitrogens with one attached hydrogen (secondary N) is 1. The Morgan fingerprint density at radius 3 is 3.06 bits per heavy atom. The first-order chi connectivity index (χ1) is 7.81. The van der Waals surface area contributed by atoms with Crippen molar-refractivity contribution in [2.24, 2.45) is 0 Å². The molecule has 1 aliphatic carbocycles. The molecule has 0 radical (unpaired) electrons. The van der Waals surface area contributed by atoms with Gasteiger partial charge in [-0.05, 0) is 49.5 Å². The van der Waals surface area contributed by atoms with E-state index in [0.29, 0.717) is 0 Å². The summed E-state index contributed by atoms with van der Waals surface area (Å²) in [7, 11) is 0. The third-order valence-electron chi connectivity index (χ3n) is 3.32. The average Bonchev–Trinajstić information content (AvgIpc) is 2.49. The number of fused-ring (bicyclic) bond motifs is 1. The summed E-state index contributed by atoms with van der Waals surface area (Å²) < 4.78 is 0. The molecule has 2 rings (SSSR count). The molecule has 0 spiro atoms. The van der Waals surface area contributed by atoms with Gasteiger partial charge in [0.25, 0.3) is 0 Å². The minimum atomic E-state index is 1.03. The van der Waals surface area contributed by atoms with Crippen LogP contribution in [0.5, 0.6) is 0 Å². The van der Waals surface area contributed by atoms with Crippen LogP contribution in [0, 0.1) is 0 Å². The summed E-state index contributed by atoms with van der Waals surface area (Å²) >= 11 is 0. The first kappa shape index (κ1) is 11.4. The highest BCUT2D eigenvalue weighted by Crippen LogP contribution is 2.26. The maximum atomic E-state index is 3.52. The van der Waals surface area contributed by atoms with E-state index in [1.165, 1.54) is 35.1 Å². The lowest BCUT2D eigenvalue weighted by atomic mass is 9.92. The highest BCUT2D eigenvalue weighted by Gasteiger charge is 2.13. The van der Waals surface area contributed by atoms with E-state index >= 15 is 0 Å². The van der Waals surface area contributed by atoms with Crippen molar-refractivity contribution in [1.82, 2.24) is 5.32 Å². The Morgan fingerprint density at radius 2 is 2.25 bits per heavy atom. The second-order valence-electron chi connectivity index (χ2n) is 4.58. The van der Waals surface area contributed by atoms with Gasteiger partial charge in [0.05, 0.1) is 0 Å². The number of rotatable bonds is 1. The lowest BCUT2D eigenvalue weighted by Gasteiger charge is -2.14. The molecular formula is C15H21N. The van der Waals surface area contributed by atoms with Crippen LogP contribution in [0.1, 0.15) is 33.1 Å². The Bertz CT molecular complexity index is 380. The summed E-state index contributed by atoms with van der Waals surface area (Å²) in [5.74, 6) is 0. The Labute approximate surface area is 98.6 Å². The van der Waals surface area contributed by atoms with Crippen LogP contribution < -0.4 is 5.32 Å². The zero-order valence-electron chi connectivity index (χ0n) is 10.3. The van der Waals surface area contributed by atoms with Gasteiger partial charge in [0.15, 0.2) is 0 Å². The van der Waals surface area contributed by atoms with Crippen molar-refractivity contribution in [3.05, 3.63) is 46.6 Å². The summed E-state index contributed by atoms with van der Waals surface area (Å²) in [5.41, 5.74) is 5.91. The minimum absolute atomic E-state index is 1.03. The van der Waals surface area contributed by atoms with Crippen molar-refractivity contribution in [2.45, 2.75) is 33.1 Å². The highest BCUT2D eigenvalue weighted by atomic mass is 14.9. The quantitative estimate of drug-likeness (QED) is 0.705. The fraction of sp³-hybridized carbons (Fsp3) is 0.467. The van der Waals surface area contributed by atoms with Crippen LogP contribution in [0.15, 0.2) is 46.6 Å². The van der Waals surface area contributed by atoms with Gasteiger partial charge < -0.3 is 5.32 Å². The highest BCUT2D eigenvalue weighted by molar-refractivity contribution is 5.47. The van der Waals surface area contributed by atoms with Crippen molar-refractivity contribution in [2.75, 3.05) is 13.1 Å². The van der Waals surface area contributed by atoms with Crippen molar-refractivity contribution in [3.8, 4) is 0 Å². The van der Waals surface area contributed by atoms with Crippen LogP contribution in [-0.2, 0) is 0 Å². The Morgan fingerprint density at radius 1 is 1.38 bits per heavy atom. The molecule has 86 valence electrons. The molecule has 1 heteroatoms. The van der Waals surface area contributed by atoms with E-state index in [0.717, 1.165) is 19.5 Å². The van der Waals surface area contributed by atoms with Crippen molar-refractivity contribution in [3.63, 3.8) is 0 Å². The minimum Gasteiger partial charge on any atom is -0.313 e. The standard InChI is InChI=1S/C15H21N/c1-3-13-10-12(2)6-4-7-14-8-5-9-16-11-15(13)14/h4,6-7,10,16H,3,5,8-9,11H2,1-2H3/b6-4+,7-4?,12-6?,12-10?,13-10?,14-7-,15-13?. The SMILES string of the molecule is CCC1=C2CNCCC/C2=C/C=C/C(C)=C1. The van der Waals surface area contributed by atoms with E-state index in [1.54, 1.807) is 0 Å². The number of allylic oxidation sites excluding steroid dienone is 6. The summed E-state index contributed by atoms with van der Waals surface area (Å²) in [6, 6.07) is 0.